The van der Waals surface area contributed by atoms with E-state index in [0.29, 0.717) is 11.1 Å². The van der Waals surface area contributed by atoms with Crippen LogP contribution < -0.4 is 10.3 Å². The van der Waals surface area contributed by atoms with Crippen LogP contribution in [-0.2, 0) is 6.42 Å². The van der Waals surface area contributed by atoms with Crippen LogP contribution in [0.25, 0.3) is 16.5 Å². The van der Waals surface area contributed by atoms with Crippen LogP contribution in [-0.4, -0.2) is 11.7 Å². The molecule has 0 aliphatic carbocycles. The molecule has 0 aliphatic heterocycles. The molecule has 0 saturated heterocycles. The fraction of sp³-hybridized carbons (Fsp3) is 0.167. The van der Waals surface area contributed by atoms with Crippen molar-refractivity contribution in [1.29, 1.82) is 0 Å². The van der Waals surface area contributed by atoms with Crippen LogP contribution in [0, 0.1) is 0 Å². The number of nitrogens with zero attached hydrogens (tertiary/aromatic N) is 1. The van der Waals surface area contributed by atoms with Crippen molar-refractivity contribution in [1.82, 2.24) is 4.57 Å². The van der Waals surface area contributed by atoms with Crippen LogP contribution in [0.1, 0.15) is 12.6 Å². The molecule has 3 heteroatoms. The molecule has 0 radical (unpaired) electrons. The molecule has 0 unspecified atom stereocenters. The number of aryl methyl sites for hydroxylation is 1. The molecular weight excluding hydrogens is 262 g/mol. The third kappa shape index (κ3) is 2.21. The molecule has 0 spiro atoms. The van der Waals surface area contributed by atoms with Crippen LogP contribution in [0.15, 0.2) is 59.4 Å². The van der Waals surface area contributed by atoms with Gasteiger partial charge in [-0.3, -0.25) is 9.36 Å². The monoisotopic (exact) mass is 279 g/mol. The Balaban J connectivity index is 2.44. The zero-order chi connectivity index (χ0) is 14.8. The molecule has 3 nitrogen and oxygen atoms in total. The number of methoxy groups -OCH3 is 1. The lowest BCUT2D eigenvalue weighted by Gasteiger charge is -2.14. The van der Waals surface area contributed by atoms with E-state index in [1.807, 2.05) is 48.5 Å². The van der Waals surface area contributed by atoms with Crippen molar-refractivity contribution in [2.45, 2.75) is 13.3 Å². The van der Waals surface area contributed by atoms with E-state index in [1.54, 1.807) is 11.7 Å². The standard InChI is InChI=1S/C18H17NO2/c1-3-14-12-13-8-7-11-16(21-2)17(13)18(20)19(14)15-9-5-4-6-10-15/h4-12H,3H2,1-2H3. The van der Waals surface area contributed by atoms with Crippen molar-refractivity contribution in [2.24, 2.45) is 0 Å². The minimum absolute atomic E-state index is 0.0343. The largest absolute Gasteiger partial charge is 0.496 e. The van der Waals surface area contributed by atoms with Gasteiger partial charge in [-0.15, -0.1) is 0 Å². The Kier molecular flexibility index (Phi) is 3.48. The topological polar surface area (TPSA) is 31.2 Å². The summed E-state index contributed by atoms with van der Waals surface area (Å²) in [4.78, 5) is 13.0. The molecule has 1 heterocycles. The maximum atomic E-state index is 13.0. The zero-order valence-electron chi connectivity index (χ0n) is 12.2. The van der Waals surface area contributed by atoms with Crippen molar-refractivity contribution < 1.29 is 4.74 Å². The van der Waals surface area contributed by atoms with Gasteiger partial charge in [0.15, 0.2) is 0 Å². The number of benzene rings is 2. The molecule has 0 bridgehead atoms. The highest BCUT2D eigenvalue weighted by Crippen LogP contribution is 2.24. The summed E-state index contributed by atoms with van der Waals surface area (Å²) in [7, 11) is 1.59. The number of rotatable bonds is 3. The number of ether oxygens (including phenoxy) is 1. The first kappa shape index (κ1) is 13.4. The van der Waals surface area contributed by atoms with E-state index < -0.39 is 0 Å². The maximum absolute atomic E-state index is 13.0. The molecule has 3 rings (SSSR count). The molecule has 0 saturated carbocycles. The van der Waals surface area contributed by atoms with Gasteiger partial charge in [0, 0.05) is 11.4 Å². The fourth-order valence-corrected chi connectivity index (χ4v) is 2.67. The molecule has 0 amide bonds. The van der Waals surface area contributed by atoms with E-state index in [0.717, 1.165) is 23.2 Å². The Morgan fingerprint density at radius 3 is 2.48 bits per heavy atom. The van der Waals surface area contributed by atoms with Gasteiger partial charge < -0.3 is 4.74 Å². The van der Waals surface area contributed by atoms with Crippen molar-refractivity contribution in [3.63, 3.8) is 0 Å². The van der Waals surface area contributed by atoms with E-state index in [-0.39, 0.29) is 5.56 Å². The Morgan fingerprint density at radius 2 is 1.81 bits per heavy atom. The Bertz CT molecular complexity index is 835. The highest BCUT2D eigenvalue weighted by molar-refractivity contribution is 5.88. The molecule has 21 heavy (non-hydrogen) atoms. The Hall–Kier alpha value is -2.55. The SMILES string of the molecule is CCc1cc2cccc(OC)c2c(=O)n1-c1ccccc1. The van der Waals surface area contributed by atoms with Gasteiger partial charge in [0.2, 0.25) is 0 Å². The number of para-hydroxylation sites is 1. The van der Waals surface area contributed by atoms with E-state index in [4.69, 9.17) is 4.74 Å². The van der Waals surface area contributed by atoms with Gasteiger partial charge in [0.25, 0.3) is 5.56 Å². The number of fused-ring (bicyclic) bond motifs is 1. The first-order chi connectivity index (χ1) is 10.3. The predicted octanol–water partition coefficient (Wildman–Crippen LogP) is 3.56. The number of hydrogen-bond donors (Lipinski definition) is 0. The molecule has 0 aliphatic rings. The second kappa shape index (κ2) is 5.44. The van der Waals surface area contributed by atoms with Crippen LogP contribution in [0.4, 0.5) is 0 Å². The molecule has 106 valence electrons. The lowest BCUT2D eigenvalue weighted by Crippen LogP contribution is -2.22. The number of hydrogen-bond acceptors (Lipinski definition) is 2. The summed E-state index contributed by atoms with van der Waals surface area (Å²) in [6, 6.07) is 17.5. The molecule has 0 N–H and O–H groups in total. The van der Waals surface area contributed by atoms with Gasteiger partial charge >= 0.3 is 0 Å². The number of pyridine rings is 1. The summed E-state index contributed by atoms with van der Waals surface area (Å²) in [5, 5.41) is 1.55. The van der Waals surface area contributed by atoms with Crippen LogP contribution in [0.2, 0.25) is 0 Å². The molecular formula is C18H17NO2. The van der Waals surface area contributed by atoms with Gasteiger partial charge in [0.1, 0.15) is 5.75 Å². The zero-order valence-corrected chi connectivity index (χ0v) is 12.2. The van der Waals surface area contributed by atoms with Crippen molar-refractivity contribution >= 4 is 10.8 Å². The van der Waals surface area contributed by atoms with Gasteiger partial charge in [-0.1, -0.05) is 37.3 Å². The average molecular weight is 279 g/mol. The highest BCUT2D eigenvalue weighted by atomic mass is 16.5. The molecule has 0 atom stereocenters. The van der Waals surface area contributed by atoms with Crippen molar-refractivity contribution in [3.8, 4) is 11.4 Å². The normalized spacial score (nSPS) is 10.8. The minimum Gasteiger partial charge on any atom is -0.496 e. The van der Waals surface area contributed by atoms with Crippen molar-refractivity contribution in [2.75, 3.05) is 7.11 Å². The fourth-order valence-electron chi connectivity index (χ4n) is 2.67. The lowest BCUT2D eigenvalue weighted by atomic mass is 10.1. The van der Waals surface area contributed by atoms with E-state index >= 15 is 0 Å². The molecule has 0 fully saturated rings. The Labute approximate surface area is 123 Å². The summed E-state index contributed by atoms with van der Waals surface area (Å²) in [5.41, 5.74) is 1.84. The predicted molar refractivity (Wildman–Crippen MR) is 85.5 cm³/mol. The van der Waals surface area contributed by atoms with Crippen LogP contribution in [0.3, 0.4) is 0 Å². The number of aromatic nitrogens is 1. The summed E-state index contributed by atoms with van der Waals surface area (Å²) in [6.07, 6.45) is 0.789. The quantitative estimate of drug-likeness (QED) is 0.734. The summed E-state index contributed by atoms with van der Waals surface area (Å²) < 4.78 is 7.13. The molecule has 3 aromatic rings. The second-order valence-electron chi connectivity index (χ2n) is 4.89. The van der Waals surface area contributed by atoms with E-state index in [1.165, 1.54) is 0 Å². The average Bonchev–Trinajstić information content (AvgIpc) is 2.54. The van der Waals surface area contributed by atoms with Gasteiger partial charge in [-0.2, -0.15) is 0 Å². The first-order valence-electron chi connectivity index (χ1n) is 7.03. The summed E-state index contributed by atoms with van der Waals surface area (Å²) in [6.45, 7) is 2.06. The molecule has 2 aromatic carbocycles. The summed E-state index contributed by atoms with van der Waals surface area (Å²) >= 11 is 0. The summed E-state index contributed by atoms with van der Waals surface area (Å²) in [5.74, 6) is 0.616. The van der Waals surface area contributed by atoms with Crippen LogP contribution >= 0.6 is 0 Å². The van der Waals surface area contributed by atoms with Crippen molar-refractivity contribution in [3.05, 3.63) is 70.6 Å². The van der Waals surface area contributed by atoms with Crippen LogP contribution in [0.5, 0.6) is 5.75 Å². The minimum atomic E-state index is -0.0343. The van der Waals surface area contributed by atoms with E-state index in [9.17, 15) is 4.79 Å². The lowest BCUT2D eigenvalue weighted by molar-refractivity contribution is 0.419. The van der Waals surface area contributed by atoms with Gasteiger partial charge in [-0.05, 0) is 36.1 Å². The third-order valence-corrected chi connectivity index (χ3v) is 3.68. The molecule has 1 aromatic heterocycles. The maximum Gasteiger partial charge on any atom is 0.266 e. The Morgan fingerprint density at radius 1 is 1.05 bits per heavy atom. The van der Waals surface area contributed by atoms with Gasteiger partial charge in [-0.25, -0.2) is 0 Å². The highest BCUT2D eigenvalue weighted by Gasteiger charge is 2.13. The van der Waals surface area contributed by atoms with Gasteiger partial charge in [0.05, 0.1) is 12.5 Å². The first-order valence-corrected chi connectivity index (χ1v) is 7.03. The third-order valence-electron chi connectivity index (χ3n) is 3.68. The smallest absolute Gasteiger partial charge is 0.266 e. The second-order valence-corrected chi connectivity index (χ2v) is 4.89. The van der Waals surface area contributed by atoms with E-state index in [2.05, 4.69) is 13.0 Å².